The van der Waals surface area contributed by atoms with Crippen molar-refractivity contribution >= 4 is 27.4 Å². The van der Waals surface area contributed by atoms with Gasteiger partial charge in [0, 0.05) is 44.3 Å². The zero-order chi connectivity index (χ0) is 18.3. The molecule has 136 valence electrons. The molecule has 2 aliphatic rings. The lowest BCUT2D eigenvalue weighted by molar-refractivity contribution is 0.218. The van der Waals surface area contributed by atoms with Gasteiger partial charge in [0.05, 0.1) is 11.9 Å². The highest BCUT2D eigenvalue weighted by Crippen LogP contribution is 2.34. The van der Waals surface area contributed by atoms with Crippen molar-refractivity contribution in [3.63, 3.8) is 0 Å². The molecule has 0 N–H and O–H groups in total. The van der Waals surface area contributed by atoms with Gasteiger partial charge in [-0.15, -0.1) is 0 Å². The molecule has 1 aromatic carbocycles. The summed E-state index contributed by atoms with van der Waals surface area (Å²) in [4.78, 5) is 20.4. The average molecular weight is 372 g/mol. The Morgan fingerprint density at radius 2 is 2.00 bits per heavy atom. The van der Waals surface area contributed by atoms with Crippen LogP contribution in [0, 0.1) is 0 Å². The summed E-state index contributed by atoms with van der Waals surface area (Å²) < 4.78 is 25.1. The molecule has 2 aliphatic heterocycles. The van der Waals surface area contributed by atoms with Gasteiger partial charge in [-0.05, 0) is 41.8 Å². The zero-order valence-electron chi connectivity index (χ0n) is 14.5. The second kappa shape index (κ2) is 6.28. The Morgan fingerprint density at radius 1 is 1.15 bits per heavy atom. The van der Waals surface area contributed by atoms with Gasteiger partial charge < -0.3 is 4.90 Å². The molecule has 1 saturated heterocycles. The fourth-order valence-corrected chi connectivity index (χ4v) is 4.51. The van der Waals surface area contributed by atoms with Gasteiger partial charge in [0.15, 0.2) is 0 Å². The molecule has 0 spiro atoms. The van der Waals surface area contributed by atoms with Crippen molar-refractivity contribution in [3.8, 4) is 0 Å². The van der Waals surface area contributed by atoms with Gasteiger partial charge in [-0.2, -0.15) is 0 Å². The Kier molecular flexibility index (Phi) is 4.07. The first-order chi connectivity index (χ1) is 12.4. The van der Waals surface area contributed by atoms with E-state index in [1.807, 2.05) is 24.3 Å². The van der Waals surface area contributed by atoms with Crippen molar-refractivity contribution in [2.24, 2.45) is 0 Å². The number of aromatic nitrogens is 1. The summed E-state index contributed by atoms with van der Waals surface area (Å²) in [6.07, 6.45) is 5.37. The van der Waals surface area contributed by atoms with Crippen molar-refractivity contribution < 1.29 is 13.2 Å². The first-order valence-electron chi connectivity index (χ1n) is 8.49. The number of rotatable bonds is 4. The number of anilines is 2. The maximum Gasteiger partial charge on any atom is 0.324 e. The monoisotopic (exact) mass is 372 g/mol. The van der Waals surface area contributed by atoms with Gasteiger partial charge in [-0.25, -0.2) is 13.2 Å². The molecule has 1 fully saturated rings. The van der Waals surface area contributed by atoms with Crippen molar-refractivity contribution in [1.29, 1.82) is 0 Å². The Balaban J connectivity index is 1.53. The number of urea groups is 1. The van der Waals surface area contributed by atoms with Crippen LogP contribution in [0.25, 0.3) is 0 Å². The molecule has 8 heteroatoms. The lowest BCUT2D eigenvalue weighted by atomic mass is 10.1. The number of carbonyl (C=O) groups excluding carboxylic acids is 1. The molecular weight excluding hydrogens is 352 g/mol. The summed E-state index contributed by atoms with van der Waals surface area (Å²) in [5, 5.41) is 0. The van der Waals surface area contributed by atoms with E-state index in [0.717, 1.165) is 22.5 Å². The summed E-state index contributed by atoms with van der Waals surface area (Å²) in [6, 6.07) is 9.35. The third kappa shape index (κ3) is 3.01. The topological polar surface area (TPSA) is 73.8 Å². The molecule has 0 saturated carbocycles. The number of nitrogens with zero attached hydrogens (tertiary/aromatic N) is 4. The van der Waals surface area contributed by atoms with E-state index in [1.54, 1.807) is 28.3 Å². The summed E-state index contributed by atoms with van der Waals surface area (Å²) >= 11 is 0. The van der Waals surface area contributed by atoms with E-state index in [2.05, 4.69) is 4.98 Å². The minimum atomic E-state index is -3.26. The first kappa shape index (κ1) is 16.8. The van der Waals surface area contributed by atoms with Crippen LogP contribution in [-0.2, 0) is 23.0 Å². The molecule has 26 heavy (non-hydrogen) atoms. The van der Waals surface area contributed by atoms with Crippen molar-refractivity contribution in [3.05, 3.63) is 53.9 Å². The highest BCUT2D eigenvalue weighted by molar-refractivity contribution is 7.92. The van der Waals surface area contributed by atoms with E-state index < -0.39 is 10.0 Å². The van der Waals surface area contributed by atoms with Gasteiger partial charge in [0.1, 0.15) is 0 Å². The molecule has 0 radical (unpaired) electrons. The quantitative estimate of drug-likeness (QED) is 0.821. The van der Waals surface area contributed by atoms with Crippen LogP contribution >= 0.6 is 0 Å². The van der Waals surface area contributed by atoms with E-state index in [9.17, 15) is 13.2 Å². The third-order valence-electron chi connectivity index (χ3n) is 4.82. The smallest absolute Gasteiger partial charge is 0.318 e. The minimum absolute atomic E-state index is 0.0354. The molecule has 7 nitrogen and oxygen atoms in total. The number of carbonyl (C=O) groups is 1. The number of hydrogen-bond donors (Lipinski definition) is 0. The standard InChI is InChI=1S/C18H20N4O3S/c1-26(24,25)22-8-6-15-11-16(4-5-17(15)22)21-10-9-20(18(21)23)13-14-3-2-7-19-12-14/h2-5,7,11-12H,6,8-10,13H2,1H3. The van der Waals surface area contributed by atoms with Crippen molar-refractivity contribution in [2.75, 3.05) is 35.1 Å². The van der Waals surface area contributed by atoms with E-state index in [4.69, 9.17) is 0 Å². The largest absolute Gasteiger partial charge is 0.324 e. The number of sulfonamides is 1. The van der Waals surface area contributed by atoms with Gasteiger partial charge >= 0.3 is 6.03 Å². The highest BCUT2D eigenvalue weighted by Gasteiger charge is 2.32. The maximum absolute atomic E-state index is 12.8. The fourth-order valence-electron chi connectivity index (χ4n) is 3.55. The summed E-state index contributed by atoms with van der Waals surface area (Å²) in [5.74, 6) is 0. The molecular formula is C18H20N4O3S. The predicted molar refractivity (Wildman–Crippen MR) is 99.7 cm³/mol. The molecule has 3 heterocycles. The third-order valence-corrected chi connectivity index (χ3v) is 6.00. The van der Waals surface area contributed by atoms with Crippen molar-refractivity contribution in [2.45, 2.75) is 13.0 Å². The van der Waals surface area contributed by atoms with Gasteiger partial charge in [0.25, 0.3) is 0 Å². The maximum atomic E-state index is 12.8. The molecule has 0 unspecified atom stereocenters. The van der Waals surface area contributed by atoms with Crippen LogP contribution in [0.15, 0.2) is 42.7 Å². The van der Waals surface area contributed by atoms with E-state index >= 15 is 0 Å². The average Bonchev–Trinajstić information content (AvgIpc) is 3.19. The second-order valence-corrected chi connectivity index (χ2v) is 8.52. The lowest BCUT2D eigenvalue weighted by Gasteiger charge is -2.20. The zero-order valence-corrected chi connectivity index (χ0v) is 15.3. The summed E-state index contributed by atoms with van der Waals surface area (Å²) in [6.45, 7) is 2.27. The number of fused-ring (bicyclic) bond motifs is 1. The molecule has 0 atom stereocenters. The van der Waals surface area contributed by atoms with Gasteiger partial charge in [0.2, 0.25) is 10.0 Å². The lowest BCUT2D eigenvalue weighted by Crippen LogP contribution is -2.31. The molecule has 0 bridgehead atoms. The summed E-state index contributed by atoms with van der Waals surface area (Å²) in [7, 11) is -3.26. The van der Waals surface area contributed by atoms with Crippen LogP contribution in [0.2, 0.25) is 0 Å². The van der Waals surface area contributed by atoms with Crippen LogP contribution in [-0.4, -0.2) is 50.2 Å². The summed E-state index contributed by atoms with van der Waals surface area (Å²) in [5.41, 5.74) is 3.50. The normalized spacial score (nSPS) is 17.1. The van der Waals surface area contributed by atoms with Crippen molar-refractivity contribution in [1.82, 2.24) is 9.88 Å². The minimum Gasteiger partial charge on any atom is -0.318 e. The number of pyridine rings is 1. The molecule has 2 aromatic rings. The van der Waals surface area contributed by atoms with Crippen LogP contribution in [0.5, 0.6) is 0 Å². The fraction of sp³-hybridized carbons (Fsp3) is 0.333. The molecule has 0 aliphatic carbocycles. The van der Waals surface area contributed by atoms with Crippen LogP contribution in [0.3, 0.4) is 0 Å². The SMILES string of the molecule is CS(=O)(=O)N1CCc2cc(N3CCN(Cc4cccnc4)C3=O)ccc21. The first-order valence-corrected chi connectivity index (χ1v) is 10.3. The van der Waals surface area contributed by atoms with E-state index in [-0.39, 0.29) is 6.03 Å². The van der Waals surface area contributed by atoms with E-state index in [1.165, 1.54) is 10.6 Å². The predicted octanol–water partition coefficient (Wildman–Crippen LogP) is 1.85. The number of hydrogen-bond acceptors (Lipinski definition) is 4. The van der Waals surface area contributed by atoms with Gasteiger partial charge in [-0.3, -0.25) is 14.2 Å². The number of benzene rings is 1. The molecule has 1 aromatic heterocycles. The molecule has 4 rings (SSSR count). The Hall–Kier alpha value is -2.61. The Labute approximate surface area is 152 Å². The Morgan fingerprint density at radius 3 is 2.73 bits per heavy atom. The Bertz CT molecular complexity index is 946. The van der Waals surface area contributed by atoms with Crippen LogP contribution in [0.1, 0.15) is 11.1 Å². The van der Waals surface area contributed by atoms with E-state index in [0.29, 0.717) is 32.6 Å². The number of amides is 2. The second-order valence-electron chi connectivity index (χ2n) is 6.62. The van der Waals surface area contributed by atoms with Crippen LogP contribution < -0.4 is 9.21 Å². The van der Waals surface area contributed by atoms with Crippen LogP contribution in [0.4, 0.5) is 16.2 Å². The van der Waals surface area contributed by atoms with Gasteiger partial charge in [-0.1, -0.05) is 6.07 Å². The highest BCUT2D eigenvalue weighted by atomic mass is 32.2. The molecule has 2 amide bonds.